The highest BCUT2D eigenvalue weighted by Gasteiger charge is 2.25. The van der Waals surface area contributed by atoms with Crippen molar-refractivity contribution in [1.82, 2.24) is 4.90 Å². The molecule has 1 amide bonds. The number of piperidine rings is 1. The highest BCUT2D eigenvalue weighted by atomic mass is 79.9. The van der Waals surface area contributed by atoms with Crippen LogP contribution in [0.5, 0.6) is 0 Å². The Kier molecular flexibility index (Phi) is 5.79. The lowest BCUT2D eigenvalue weighted by molar-refractivity contribution is -0.121. The lowest BCUT2D eigenvalue weighted by Crippen LogP contribution is -2.37. The van der Waals surface area contributed by atoms with Crippen LogP contribution in [0.1, 0.15) is 24.0 Å². The van der Waals surface area contributed by atoms with Crippen molar-refractivity contribution < 1.29 is 4.79 Å². The number of carbonyl (C=O) groups is 1. The molecule has 0 radical (unpaired) electrons. The molecule has 0 aliphatic carbocycles. The first-order chi connectivity index (χ1) is 13.6. The molecule has 0 bridgehead atoms. The van der Waals surface area contributed by atoms with Gasteiger partial charge in [-0.15, -0.1) is 0 Å². The van der Waals surface area contributed by atoms with Crippen LogP contribution < -0.4 is 5.32 Å². The molecule has 4 rings (SSSR count). The number of nitrogens with zero attached hydrogens (tertiary/aromatic N) is 1. The highest BCUT2D eigenvalue weighted by Crippen LogP contribution is 2.25. The summed E-state index contributed by atoms with van der Waals surface area (Å²) in [4.78, 5) is 15.1. The molecule has 1 fully saturated rings. The number of benzene rings is 3. The van der Waals surface area contributed by atoms with Crippen molar-refractivity contribution in [2.45, 2.75) is 26.3 Å². The number of amides is 1. The van der Waals surface area contributed by atoms with Gasteiger partial charge in [-0.2, -0.15) is 0 Å². The van der Waals surface area contributed by atoms with Crippen LogP contribution in [-0.4, -0.2) is 23.9 Å². The van der Waals surface area contributed by atoms with Gasteiger partial charge in [0.25, 0.3) is 0 Å². The summed E-state index contributed by atoms with van der Waals surface area (Å²) in [6.07, 6.45) is 1.82. The van der Waals surface area contributed by atoms with Gasteiger partial charge in [0.05, 0.1) is 0 Å². The van der Waals surface area contributed by atoms with Crippen molar-refractivity contribution in [2.24, 2.45) is 5.92 Å². The Hall–Kier alpha value is -2.17. The molecule has 4 heteroatoms. The molecule has 0 spiro atoms. The number of hydrogen-bond acceptors (Lipinski definition) is 2. The zero-order valence-electron chi connectivity index (χ0n) is 16.1. The number of carbonyl (C=O) groups excluding carboxylic acids is 1. The van der Waals surface area contributed by atoms with Gasteiger partial charge in [-0.05, 0) is 73.0 Å². The van der Waals surface area contributed by atoms with Gasteiger partial charge in [0, 0.05) is 22.6 Å². The van der Waals surface area contributed by atoms with Gasteiger partial charge in [-0.1, -0.05) is 58.4 Å². The molecule has 0 atom stereocenters. The molecule has 144 valence electrons. The van der Waals surface area contributed by atoms with Gasteiger partial charge in [0.15, 0.2) is 0 Å². The fraction of sp³-hybridized carbons (Fsp3) is 0.292. The quantitative estimate of drug-likeness (QED) is 0.563. The third kappa shape index (κ3) is 4.29. The van der Waals surface area contributed by atoms with Gasteiger partial charge in [0.2, 0.25) is 5.91 Å². The number of rotatable bonds is 4. The van der Waals surface area contributed by atoms with Crippen LogP contribution in [0.25, 0.3) is 10.8 Å². The van der Waals surface area contributed by atoms with Crippen LogP contribution in [0, 0.1) is 12.8 Å². The molecule has 0 saturated carbocycles. The normalized spacial score (nSPS) is 15.6. The summed E-state index contributed by atoms with van der Waals surface area (Å²) in [5.74, 6) is 0.235. The van der Waals surface area contributed by atoms with E-state index in [-0.39, 0.29) is 11.8 Å². The first kappa shape index (κ1) is 19.2. The average Bonchev–Trinajstić information content (AvgIpc) is 2.71. The summed E-state index contributed by atoms with van der Waals surface area (Å²) in [5.41, 5.74) is 3.37. The molecule has 0 unspecified atom stereocenters. The fourth-order valence-corrected chi connectivity index (χ4v) is 4.24. The molecule has 1 aliphatic heterocycles. The Morgan fingerprint density at radius 2 is 1.82 bits per heavy atom. The molecule has 3 aromatic rings. The SMILES string of the molecule is Cc1cc(NC(=O)C2CCN(Cc3cccc4ccccc34)CC2)ccc1Br. The van der Waals surface area contributed by atoms with Crippen molar-refractivity contribution in [2.75, 3.05) is 18.4 Å². The number of aryl methyl sites for hydroxylation is 1. The minimum atomic E-state index is 0.0905. The van der Waals surface area contributed by atoms with Crippen molar-refractivity contribution >= 4 is 38.3 Å². The van der Waals surface area contributed by atoms with E-state index >= 15 is 0 Å². The van der Waals surface area contributed by atoms with Gasteiger partial charge >= 0.3 is 0 Å². The van der Waals surface area contributed by atoms with Gasteiger partial charge in [-0.3, -0.25) is 9.69 Å². The molecular formula is C24H25BrN2O. The number of nitrogens with one attached hydrogen (secondary N) is 1. The van der Waals surface area contributed by atoms with Crippen LogP contribution >= 0.6 is 15.9 Å². The van der Waals surface area contributed by atoms with Crippen LogP contribution in [0.2, 0.25) is 0 Å². The molecule has 1 heterocycles. The van der Waals surface area contributed by atoms with Crippen molar-refractivity contribution in [3.8, 4) is 0 Å². The molecule has 0 aromatic heterocycles. The second kappa shape index (κ2) is 8.46. The maximum absolute atomic E-state index is 12.7. The van der Waals surface area contributed by atoms with E-state index in [1.54, 1.807) is 0 Å². The predicted molar refractivity (Wildman–Crippen MR) is 119 cm³/mol. The maximum atomic E-state index is 12.7. The third-order valence-electron chi connectivity index (χ3n) is 5.66. The molecule has 1 N–H and O–H groups in total. The van der Waals surface area contributed by atoms with Gasteiger partial charge in [-0.25, -0.2) is 0 Å². The molecule has 1 saturated heterocycles. The summed E-state index contributed by atoms with van der Waals surface area (Å²) in [5, 5.41) is 5.71. The average molecular weight is 437 g/mol. The maximum Gasteiger partial charge on any atom is 0.227 e. The molecule has 3 nitrogen and oxygen atoms in total. The number of likely N-dealkylation sites (tertiary alicyclic amines) is 1. The van der Waals surface area contributed by atoms with Gasteiger partial charge in [0.1, 0.15) is 0 Å². The molecule has 1 aliphatic rings. The summed E-state index contributed by atoms with van der Waals surface area (Å²) < 4.78 is 1.06. The summed E-state index contributed by atoms with van der Waals surface area (Å²) >= 11 is 3.50. The largest absolute Gasteiger partial charge is 0.326 e. The number of halogens is 1. The number of anilines is 1. The minimum Gasteiger partial charge on any atom is -0.326 e. The van der Waals surface area contributed by atoms with E-state index in [4.69, 9.17) is 0 Å². The standard InChI is InChI=1S/C24H25BrN2O/c1-17-15-21(9-10-23(17)25)26-24(28)19-11-13-27(14-12-19)16-20-7-4-6-18-5-2-3-8-22(18)20/h2-10,15,19H,11-14,16H2,1H3,(H,26,28). The van der Waals surface area contributed by atoms with E-state index in [1.165, 1.54) is 16.3 Å². The fourth-order valence-electron chi connectivity index (χ4n) is 3.99. The Bertz CT molecular complexity index is 988. The topological polar surface area (TPSA) is 32.3 Å². The lowest BCUT2D eigenvalue weighted by atomic mass is 9.95. The van der Waals surface area contributed by atoms with E-state index in [2.05, 4.69) is 68.6 Å². The van der Waals surface area contributed by atoms with E-state index < -0.39 is 0 Å². The zero-order chi connectivity index (χ0) is 19.5. The Labute approximate surface area is 174 Å². The summed E-state index contributed by atoms with van der Waals surface area (Å²) in [6, 6.07) is 21.0. The first-order valence-electron chi connectivity index (χ1n) is 9.86. The number of hydrogen-bond donors (Lipinski definition) is 1. The molecular weight excluding hydrogens is 412 g/mol. The zero-order valence-corrected chi connectivity index (χ0v) is 17.7. The van der Waals surface area contributed by atoms with Gasteiger partial charge < -0.3 is 5.32 Å². The third-order valence-corrected chi connectivity index (χ3v) is 6.55. The monoisotopic (exact) mass is 436 g/mol. The predicted octanol–water partition coefficient (Wildman–Crippen LogP) is 5.76. The van der Waals surface area contributed by atoms with Crippen molar-refractivity contribution in [3.05, 3.63) is 76.3 Å². The van der Waals surface area contributed by atoms with Crippen molar-refractivity contribution in [3.63, 3.8) is 0 Å². The van der Waals surface area contributed by atoms with E-state index in [9.17, 15) is 4.79 Å². The highest BCUT2D eigenvalue weighted by molar-refractivity contribution is 9.10. The summed E-state index contributed by atoms with van der Waals surface area (Å²) in [7, 11) is 0. The second-order valence-corrected chi connectivity index (χ2v) is 8.50. The van der Waals surface area contributed by atoms with E-state index in [0.717, 1.165) is 48.2 Å². The molecule has 3 aromatic carbocycles. The Morgan fingerprint density at radius 1 is 1.07 bits per heavy atom. The molecule has 28 heavy (non-hydrogen) atoms. The minimum absolute atomic E-state index is 0.0905. The second-order valence-electron chi connectivity index (χ2n) is 7.64. The Morgan fingerprint density at radius 3 is 2.61 bits per heavy atom. The summed E-state index contributed by atoms with van der Waals surface area (Å²) in [6.45, 7) is 4.90. The van der Waals surface area contributed by atoms with Crippen molar-refractivity contribution in [1.29, 1.82) is 0 Å². The smallest absolute Gasteiger partial charge is 0.227 e. The van der Waals surface area contributed by atoms with E-state index in [0.29, 0.717) is 0 Å². The van der Waals surface area contributed by atoms with Crippen LogP contribution in [0.15, 0.2) is 65.1 Å². The van der Waals surface area contributed by atoms with E-state index in [1.807, 2.05) is 25.1 Å². The van der Waals surface area contributed by atoms with Crippen LogP contribution in [-0.2, 0) is 11.3 Å². The number of fused-ring (bicyclic) bond motifs is 1. The van der Waals surface area contributed by atoms with Crippen LogP contribution in [0.3, 0.4) is 0 Å². The Balaban J connectivity index is 1.35. The first-order valence-corrected chi connectivity index (χ1v) is 10.7. The lowest BCUT2D eigenvalue weighted by Gasteiger charge is -2.31. The van der Waals surface area contributed by atoms with Crippen LogP contribution in [0.4, 0.5) is 5.69 Å².